The molecule has 0 bridgehead atoms. The minimum atomic E-state index is -0.403. The molecule has 0 saturated carbocycles. The van der Waals surface area contributed by atoms with Crippen molar-refractivity contribution in [3.05, 3.63) is 27.5 Å². The lowest BCUT2D eigenvalue weighted by atomic mass is 10.1. The number of aryl methyl sites for hydroxylation is 1. The molecule has 1 aliphatic carbocycles. The molecule has 1 aromatic rings. The average molecular weight is 350 g/mol. The van der Waals surface area contributed by atoms with Crippen molar-refractivity contribution >= 4 is 28.1 Å². The quantitative estimate of drug-likeness (QED) is 0.275. The third kappa shape index (κ3) is 4.08. The fourth-order valence-electron chi connectivity index (χ4n) is 2.71. The van der Waals surface area contributed by atoms with Crippen molar-refractivity contribution in [2.75, 3.05) is 6.61 Å². The molecule has 0 unspecified atom stereocenters. The van der Waals surface area contributed by atoms with Crippen LogP contribution >= 0.6 is 11.3 Å². The van der Waals surface area contributed by atoms with Gasteiger partial charge < -0.3 is 9.84 Å². The van der Waals surface area contributed by atoms with E-state index in [4.69, 9.17) is 4.74 Å². The normalized spacial score (nSPS) is 15.6. The number of aliphatic hydroxyl groups excluding tert-OH is 1. The highest BCUT2D eigenvalue weighted by molar-refractivity contribution is 7.16. The minimum absolute atomic E-state index is 0.103. The van der Waals surface area contributed by atoms with Crippen LogP contribution < -0.4 is 0 Å². The van der Waals surface area contributed by atoms with Crippen LogP contribution in [0.1, 0.15) is 60.8 Å². The maximum Gasteiger partial charge on any atom is 0.341 e. The number of thiophene rings is 1. The predicted molar refractivity (Wildman–Crippen MR) is 92.1 cm³/mol. The first kappa shape index (κ1) is 18.3. The summed E-state index contributed by atoms with van der Waals surface area (Å²) >= 11 is 1.42. The molecule has 1 N–H and O–H groups in total. The van der Waals surface area contributed by atoms with Crippen LogP contribution in [0.4, 0.5) is 5.00 Å². The summed E-state index contributed by atoms with van der Waals surface area (Å²) in [7, 11) is 0. The number of hydrogen-bond donors (Lipinski definition) is 1. The molecule has 0 amide bonds. The Kier molecular flexibility index (Phi) is 6.25. The number of carbonyl (C=O) groups is 2. The largest absolute Gasteiger partial charge is 0.510 e. The number of esters is 1. The zero-order chi connectivity index (χ0) is 17.7. The van der Waals surface area contributed by atoms with E-state index in [1.807, 2.05) is 0 Å². The van der Waals surface area contributed by atoms with Crippen LogP contribution in [-0.2, 0) is 22.4 Å². The van der Waals surface area contributed by atoms with Crippen LogP contribution in [0.3, 0.4) is 0 Å². The van der Waals surface area contributed by atoms with Crippen LogP contribution in [0.5, 0.6) is 0 Å². The van der Waals surface area contributed by atoms with Crippen molar-refractivity contribution < 1.29 is 19.4 Å². The van der Waals surface area contributed by atoms with E-state index >= 15 is 0 Å². The van der Waals surface area contributed by atoms with E-state index in [1.165, 1.54) is 25.2 Å². The van der Waals surface area contributed by atoms with Gasteiger partial charge >= 0.3 is 5.97 Å². The van der Waals surface area contributed by atoms with Gasteiger partial charge in [-0.25, -0.2) is 4.79 Å². The number of ether oxygens (including phenoxy) is 1. The van der Waals surface area contributed by atoms with Crippen molar-refractivity contribution in [2.24, 2.45) is 10.2 Å². The Hall–Kier alpha value is -2.02. The Labute approximate surface area is 145 Å². The molecular formula is C17H22N2O4S. The van der Waals surface area contributed by atoms with Crippen molar-refractivity contribution in [3.8, 4) is 0 Å². The van der Waals surface area contributed by atoms with Gasteiger partial charge in [-0.05, 0) is 45.1 Å². The Morgan fingerprint density at radius 1 is 1.21 bits per heavy atom. The van der Waals surface area contributed by atoms with Gasteiger partial charge in [0.05, 0.1) is 6.61 Å². The molecular weight excluding hydrogens is 328 g/mol. The smallest absolute Gasteiger partial charge is 0.341 e. The number of allylic oxidation sites excluding steroid dienone is 2. The van der Waals surface area contributed by atoms with Gasteiger partial charge in [-0.15, -0.1) is 21.6 Å². The first-order valence-corrected chi connectivity index (χ1v) is 8.91. The molecule has 1 aromatic heterocycles. The summed E-state index contributed by atoms with van der Waals surface area (Å²) in [5, 5.41) is 17.9. The molecule has 0 aromatic carbocycles. The predicted octanol–water partition coefficient (Wildman–Crippen LogP) is 4.66. The molecule has 1 heterocycles. The van der Waals surface area contributed by atoms with E-state index < -0.39 is 5.97 Å². The van der Waals surface area contributed by atoms with Crippen molar-refractivity contribution in [2.45, 2.75) is 52.9 Å². The van der Waals surface area contributed by atoms with Gasteiger partial charge in [-0.2, -0.15) is 0 Å². The van der Waals surface area contributed by atoms with E-state index in [1.54, 1.807) is 6.92 Å². The van der Waals surface area contributed by atoms with Crippen molar-refractivity contribution in [1.29, 1.82) is 0 Å². The van der Waals surface area contributed by atoms with Crippen LogP contribution in [0.15, 0.2) is 21.7 Å². The minimum Gasteiger partial charge on any atom is -0.510 e. The van der Waals surface area contributed by atoms with Crippen LogP contribution in [0.2, 0.25) is 0 Å². The molecule has 24 heavy (non-hydrogen) atoms. The molecule has 0 radical (unpaired) electrons. The molecule has 2 rings (SSSR count). The molecule has 0 atom stereocenters. The third-order valence-electron chi connectivity index (χ3n) is 3.80. The number of ketones is 1. The van der Waals surface area contributed by atoms with Gasteiger partial charge in [0.1, 0.15) is 11.3 Å². The lowest BCUT2D eigenvalue weighted by molar-refractivity contribution is -0.113. The monoisotopic (exact) mass is 350 g/mol. The first-order valence-electron chi connectivity index (χ1n) is 8.09. The number of nitrogens with zero attached hydrogens (tertiary/aromatic N) is 2. The molecule has 0 aliphatic heterocycles. The summed E-state index contributed by atoms with van der Waals surface area (Å²) in [6.45, 7) is 4.74. The Morgan fingerprint density at radius 2 is 1.92 bits per heavy atom. The Morgan fingerprint density at radius 3 is 2.54 bits per heavy atom. The summed E-state index contributed by atoms with van der Waals surface area (Å²) in [5.74, 6) is -0.975. The Bertz CT molecular complexity index is 700. The summed E-state index contributed by atoms with van der Waals surface area (Å²) in [4.78, 5) is 25.0. The van der Waals surface area contributed by atoms with Gasteiger partial charge in [-0.1, -0.05) is 6.42 Å². The van der Waals surface area contributed by atoms with Gasteiger partial charge in [0.25, 0.3) is 0 Å². The maximum atomic E-state index is 12.4. The number of azo groups is 1. The molecule has 1 aliphatic rings. The van der Waals surface area contributed by atoms with Gasteiger partial charge in [0.2, 0.25) is 0 Å². The van der Waals surface area contributed by atoms with Gasteiger partial charge in [0.15, 0.2) is 16.5 Å². The van der Waals surface area contributed by atoms with E-state index in [9.17, 15) is 14.7 Å². The highest BCUT2D eigenvalue weighted by atomic mass is 32.1. The van der Waals surface area contributed by atoms with E-state index in [-0.39, 0.29) is 23.8 Å². The number of hydrogen-bond acceptors (Lipinski definition) is 7. The fraction of sp³-hybridized carbons (Fsp3) is 0.529. The zero-order valence-corrected chi connectivity index (χ0v) is 15.0. The molecule has 0 spiro atoms. The van der Waals surface area contributed by atoms with E-state index in [2.05, 4.69) is 10.2 Å². The van der Waals surface area contributed by atoms with Gasteiger partial charge in [0, 0.05) is 11.8 Å². The van der Waals surface area contributed by atoms with Crippen molar-refractivity contribution in [1.82, 2.24) is 0 Å². The second kappa shape index (κ2) is 8.19. The first-order chi connectivity index (χ1) is 11.5. The van der Waals surface area contributed by atoms with Crippen LogP contribution in [0.25, 0.3) is 0 Å². The second-order valence-corrected chi connectivity index (χ2v) is 6.74. The third-order valence-corrected chi connectivity index (χ3v) is 4.98. The highest BCUT2D eigenvalue weighted by Crippen LogP contribution is 2.40. The average Bonchev–Trinajstić information content (AvgIpc) is 2.69. The summed E-state index contributed by atoms with van der Waals surface area (Å²) in [5.41, 5.74) is 1.35. The summed E-state index contributed by atoms with van der Waals surface area (Å²) in [6.07, 6.45) is 4.99. The number of rotatable bonds is 5. The SMILES string of the molecule is CCOC(=O)c1c(N=N/C(C(C)=O)=C(\C)O)sc2c1CCCCC2. The Balaban J connectivity index is 2.47. The highest BCUT2D eigenvalue weighted by Gasteiger charge is 2.26. The maximum absolute atomic E-state index is 12.4. The summed E-state index contributed by atoms with van der Waals surface area (Å²) in [6, 6.07) is 0. The molecule has 0 saturated heterocycles. The number of carbonyl (C=O) groups excluding carboxylic acids is 2. The topological polar surface area (TPSA) is 88.3 Å². The van der Waals surface area contributed by atoms with E-state index in [0.29, 0.717) is 10.6 Å². The standard InChI is InChI=1S/C17H22N2O4S/c1-4-23-17(22)14-12-8-6-5-7-9-13(12)24-16(14)19-18-15(10(2)20)11(3)21/h20H,4-9H2,1-3H3/b15-10+,19-18?. The van der Waals surface area contributed by atoms with E-state index in [0.717, 1.165) is 42.5 Å². The molecule has 7 heteroatoms. The fourth-order valence-corrected chi connectivity index (χ4v) is 3.90. The zero-order valence-electron chi connectivity index (χ0n) is 14.2. The number of Topliss-reactive ketones (excluding diaryl/α,β-unsaturated/α-hetero) is 1. The number of fused-ring (bicyclic) bond motifs is 1. The van der Waals surface area contributed by atoms with Gasteiger partial charge in [-0.3, -0.25) is 4.79 Å². The van der Waals surface area contributed by atoms with Crippen LogP contribution in [-0.4, -0.2) is 23.5 Å². The lowest BCUT2D eigenvalue weighted by Crippen LogP contribution is -2.07. The lowest BCUT2D eigenvalue weighted by Gasteiger charge is -2.05. The van der Waals surface area contributed by atoms with Crippen molar-refractivity contribution in [3.63, 3.8) is 0 Å². The summed E-state index contributed by atoms with van der Waals surface area (Å²) < 4.78 is 5.17. The molecule has 6 nitrogen and oxygen atoms in total. The number of aliphatic hydroxyl groups is 1. The molecule has 0 fully saturated rings. The van der Waals surface area contributed by atoms with Crippen LogP contribution in [0, 0.1) is 0 Å². The molecule has 130 valence electrons. The second-order valence-electron chi connectivity index (χ2n) is 5.66.